The monoisotopic (exact) mass is 334 g/mol. The van der Waals surface area contributed by atoms with Crippen molar-refractivity contribution < 1.29 is 4.74 Å². The van der Waals surface area contributed by atoms with Crippen LogP contribution in [0.1, 0.15) is 25.0 Å². The summed E-state index contributed by atoms with van der Waals surface area (Å²) in [6.45, 7) is 5.59. The van der Waals surface area contributed by atoms with Gasteiger partial charge in [-0.05, 0) is 24.3 Å². The molecule has 1 N–H and O–H groups in total. The highest BCUT2D eigenvalue weighted by atomic mass is 79.9. The van der Waals surface area contributed by atoms with Crippen molar-refractivity contribution in [1.82, 2.24) is 10.3 Å². The quantitative estimate of drug-likeness (QED) is 0.869. The number of hydrogen-bond donors (Lipinski definition) is 1. The first-order valence-corrected chi connectivity index (χ1v) is 7.48. The van der Waals surface area contributed by atoms with Crippen molar-refractivity contribution in [2.24, 2.45) is 0 Å². The first-order chi connectivity index (χ1) is 9.65. The largest absolute Gasteiger partial charge is 0.489 e. The lowest BCUT2D eigenvalue weighted by atomic mass is 10.2. The topological polar surface area (TPSA) is 34.1 Å². The zero-order valence-electron chi connectivity index (χ0n) is 11.8. The number of benzene rings is 1. The first kappa shape index (κ1) is 15.0. The van der Waals surface area contributed by atoms with Crippen LogP contribution in [0.3, 0.4) is 0 Å². The summed E-state index contributed by atoms with van der Waals surface area (Å²) in [5.41, 5.74) is 2.22. The zero-order chi connectivity index (χ0) is 14.4. The van der Waals surface area contributed by atoms with Crippen LogP contribution in [0.15, 0.2) is 47.2 Å². The Morgan fingerprint density at radius 1 is 1.30 bits per heavy atom. The SMILES string of the molecule is CC(C)NCc1cc(Br)ccc1OCc1cccnc1. The molecule has 4 heteroatoms. The van der Waals surface area contributed by atoms with Gasteiger partial charge in [-0.2, -0.15) is 0 Å². The molecule has 0 aliphatic rings. The maximum absolute atomic E-state index is 5.91. The van der Waals surface area contributed by atoms with Crippen molar-refractivity contribution in [3.8, 4) is 5.75 Å². The molecule has 20 heavy (non-hydrogen) atoms. The molecule has 3 nitrogen and oxygen atoms in total. The van der Waals surface area contributed by atoms with E-state index in [-0.39, 0.29) is 0 Å². The van der Waals surface area contributed by atoms with Gasteiger partial charge in [0.2, 0.25) is 0 Å². The summed E-state index contributed by atoms with van der Waals surface area (Å²) < 4.78 is 6.97. The van der Waals surface area contributed by atoms with Gasteiger partial charge in [0.25, 0.3) is 0 Å². The molecule has 1 aromatic heterocycles. The van der Waals surface area contributed by atoms with Gasteiger partial charge in [-0.1, -0.05) is 35.8 Å². The van der Waals surface area contributed by atoms with E-state index in [0.717, 1.165) is 27.9 Å². The van der Waals surface area contributed by atoms with Gasteiger partial charge >= 0.3 is 0 Å². The van der Waals surface area contributed by atoms with Gasteiger partial charge in [0, 0.05) is 40.6 Å². The predicted molar refractivity (Wildman–Crippen MR) is 84.7 cm³/mol. The Morgan fingerprint density at radius 2 is 2.15 bits per heavy atom. The number of ether oxygens (including phenoxy) is 1. The fourth-order valence-electron chi connectivity index (χ4n) is 1.79. The van der Waals surface area contributed by atoms with Crippen LogP contribution in [-0.2, 0) is 13.2 Å². The lowest BCUT2D eigenvalue weighted by molar-refractivity contribution is 0.301. The third-order valence-electron chi connectivity index (χ3n) is 2.84. The summed E-state index contributed by atoms with van der Waals surface area (Å²) in [5.74, 6) is 0.908. The van der Waals surface area contributed by atoms with Crippen LogP contribution in [0.4, 0.5) is 0 Å². The maximum atomic E-state index is 5.91. The van der Waals surface area contributed by atoms with E-state index in [0.29, 0.717) is 12.6 Å². The standard InChI is InChI=1S/C16H19BrN2O/c1-12(2)19-10-14-8-15(17)5-6-16(14)20-11-13-4-3-7-18-9-13/h3-9,12,19H,10-11H2,1-2H3. The van der Waals surface area contributed by atoms with Crippen LogP contribution in [0, 0.1) is 0 Å². The predicted octanol–water partition coefficient (Wildman–Crippen LogP) is 3.92. The Morgan fingerprint density at radius 3 is 2.85 bits per heavy atom. The molecular formula is C16H19BrN2O. The highest BCUT2D eigenvalue weighted by Gasteiger charge is 2.06. The van der Waals surface area contributed by atoms with Crippen molar-refractivity contribution in [2.75, 3.05) is 0 Å². The van der Waals surface area contributed by atoms with Crippen molar-refractivity contribution in [2.45, 2.75) is 33.0 Å². The maximum Gasteiger partial charge on any atom is 0.124 e. The fraction of sp³-hybridized carbons (Fsp3) is 0.312. The number of nitrogens with zero attached hydrogens (tertiary/aromatic N) is 1. The minimum absolute atomic E-state index is 0.445. The number of hydrogen-bond acceptors (Lipinski definition) is 3. The third kappa shape index (κ3) is 4.62. The molecule has 0 spiro atoms. The van der Waals surface area contributed by atoms with E-state index < -0.39 is 0 Å². The Balaban J connectivity index is 2.06. The van der Waals surface area contributed by atoms with Gasteiger partial charge in [-0.15, -0.1) is 0 Å². The van der Waals surface area contributed by atoms with Crippen molar-refractivity contribution in [1.29, 1.82) is 0 Å². The molecule has 106 valence electrons. The number of aromatic nitrogens is 1. The van der Waals surface area contributed by atoms with Crippen LogP contribution in [0.25, 0.3) is 0 Å². The number of pyridine rings is 1. The Kier molecular flexibility index (Phi) is 5.56. The average Bonchev–Trinajstić information content (AvgIpc) is 2.45. The molecule has 0 unspecified atom stereocenters. The molecule has 0 amide bonds. The van der Waals surface area contributed by atoms with Gasteiger partial charge in [0.15, 0.2) is 0 Å². The van der Waals surface area contributed by atoms with E-state index in [1.165, 1.54) is 0 Å². The van der Waals surface area contributed by atoms with E-state index in [4.69, 9.17) is 4.74 Å². The lowest BCUT2D eigenvalue weighted by Crippen LogP contribution is -2.22. The highest BCUT2D eigenvalue weighted by molar-refractivity contribution is 9.10. The second-order valence-corrected chi connectivity index (χ2v) is 5.85. The van der Waals surface area contributed by atoms with E-state index in [1.807, 2.05) is 30.5 Å². The van der Waals surface area contributed by atoms with Crippen LogP contribution < -0.4 is 10.1 Å². The molecule has 0 fully saturated rings. The molecule has 0 aliphatic heterocycles. The number of rotatable bonds is 6. The molecule has 0 saturated carbocycles. The summed E-state index contributed by atoms with van der Waals surface area (Å²) >= 11 is 3.51. The minimum atomic E-state index is 0.445. The lowest BCUT2D eigenvalue weighted by Gasteiger charge is -2.14. The van der Waals surface area contributed by atoms with E-state index in [2.05, 4.69) is 46.1 Å². The Bertz CT molecular complexity index is 543. The fourth-order valence-corrected chi connectivity index (χ4v) is 2.19. The van der Waals surface area contributed by atoms with Gasteiger partial charge in [0.1, 0.15) is 12.4 Å². The first-order valence-electron chi connectivity index (χ1n) is 6.68. The second kappa shape index (κ2) is 7.41. The van der Waals surface area contributed by atoms with Crippen LogP contribution in [-0.4, -0.2) is 11.0 Å². The van der Waals surface area contributed by atoms with Gasteiger partial charge in [0.05, 0.1) is 0 Å². The van der Waals surface area contributed by atoms with E-state index >= 15 is 0 Å². The Hall–Kier alpha value is -1.39. The van der Waals surface area contributed by atoms with Gasteiger partial charge in [-0.3, -0.25) is 4.98 Å². The summed E-state index contributed by atoms with van der Waals surface area (Å²) in [7, 11) is 0. The second-order valence-electron chi connectivity index (χ2n) is 4.94. The van der Waals surface area contributed by atoms with Crippen molar-refractivity contribution in [3.63, 3.8) is 0 Å². The van der Waals surface area contributed by atoms with Crippen LogP contribution >= 0.6 is 15.9 Å². The zero-order valence-corrected chi connectivity index (χ0v) is 13.4. The molecule has 1 heterocycles. The molecule has 0 aliphatic carbocycles. The van der Waals surface area contributed by atoms with E-state index in [9.17, 15) is 0 Å². The summed E-state index contributed by atoms with van der Waals surface area (Å²) in [4.78, 5) is 4.09. The molecule has 0 atom stereocenters. The molecule has 2 aromatic rings. The normalized spacial score (nSPS) is 10.8. The molecule has 0 bridgehead atoms. The summed E-state index contributed by atoms with van der Waals surface area (Å²) in [6, 6.07) is 10.5. The number of halogens is 1. The Labute approximate surface area is 128 Å². The summed E-state index contributed by atoms with van der Waals surface area (Å²) in [6.07, 6.45) is 3.59. The smallest absolute Gasteiger partial charge is 0.124 e. The minimum Gasteiger partial charge on any atom is -0.489 e. The van der Waals surface area contributed by atoms with E-state index in [1.54, 1.807) is 6.20 Å². The molecule has 0 saturated heterocycles. The van der Waals surface area contributed by atoms with Gasteiger partial charge in [-0.25, -0.2) is 0 Å². The number of nitrogens with one attached hydrogen (secondary N) is 1. The molecule has 2 rings (SSSR count). The van der Waals surface area contributed by atoms with Crippen LogP contribution in [0.5, 0.6) is 5.75 Å². The van der Waals surface area contributed by atoms with Crippen molar-refractivity contribution >= 4 is 15.9 Å². The average molecular weight is 335 g/mol. The van der Waals surface area contributed by atoms with Gasteiger partial charge < -0.3 is 10.1 Å². The molecular weight excluding hydrogens is 316 g/mol. The molecule has 0 radical (unpaired) electrons. The van der Waals surface area contributed by atoms with Crippen molar-refractivity contribution in [3.05, 3.63) is 58.3 Å². The molecule has 1 aromatic carbocycles. The summed E-state index contributed by atoms with van der Waals surface area (Å²) in [5, 5.41) is 3.41. The highest BCUT2D eigenvalue weighted by Crippen LogP contribution is 2.24. The van der Waals surface area contributed by atoms with Crippen LogP contribution in [0.2, 0.25) is 0 Å². The third-order valence-corrected chi connectivity index (χ3v) is 3.33.